The van der Waals surface area contributed by atoms with E-state index in [0.717, 1.165) is 25.9 Å². The Labute approximate surface area is 152 Å². The predicted octanol–water partition coefficient (Wildman–Crippen LogP) is 3.99. The lowest BCUT2D eigenvalue weighted by Gasteiger charge is -2.33. The van der Waals surface area contributed by atoms with Crippen molar-refractivity contribution in [3.63, 3.8) is 0 Å². The minimum absolute atomic E-state index is 0. The number of amides is 1. The second kappa shape index (κ2) is 8.41. The summed E-state index contributed by atoms with van der Waals surface area (Å²) in [5.74, 6) is -0.908. The standard InChI is InChI=1S/C18H23F3N2O.ClH/c19-18(20,21)16-7-11-23(12-8-16)17(24)15-3-1-13(2-4-15)14-5-9-22-10-6-14;/h1-4,14,16,22H,5-12H2;1H. The summed E-state index contributed by atoms with van der Waals surface area (Å²) in [4.78, 5) is 14.0. The van der Waals surface area contributed by atoms with Crippen LogP contribution < -0.4 is 5.32 Å². The van der Waals surface area contributed by atoms with Crippen LogP contribution in [0.25, 0.3) is 0 Å². The van der Waals surface area contributed by atoms with Gasteiger partial charge in [0.05, 0.1) is 5.92 Å². The molecule has 0 aliphatic carbocycles. The van der Waals surface area contributed by atoms with E-state index in [4.69, 9.17) is 0 Å². The lowest BCUT2D eigenvalue weighted by molar-refractivity contribution is -0.183. The van der Waals surface area contributed by atoms with Gasteiger partial charge in [-0.3, -0.25) is 4.79 Å². The molecule has 0 radical (unpaired) electrons. The van der Waals surface area contributed by atoms with Crippen LogP contribution in [-0.4, -0.2) is 43.2 Å². The number of piperidine rings is 2. The maximum atomic E-state index is 12.7. The Morgan fingerprint density at radius 3 is 2.08 bits per heavy atom. The first-order valence-corrected chi connectivity index (χ1v) is 8.62. The fourth-order valence-corrected chi connectivity index (χ4v) is 3.65. The van der Waals surface area contributed by atoms with Gasteiger partial charge in [-0.2, -0.15) is 13.2 Å². The molecule has 1 N–H and O–H groups in total. The van der Waals surface area contributed by atoms with Crippen molar-refractivity contribution in [2.24, 2.45) is 5.92 Å². The zero-order valence-corrected chi connectivity index (χ0v) is 14.8. The Hall–Kier alpha value is -1.27. The van der Waals surface area contributed by atoms with Crippen LogP contribution in [0.3, 0.4) is 0 Å². The zero-order valence-electron chi connectivity index (χ0n) is 14.0. The summed E-state index contributed by atoms with van der Waals surface area (Å²) < 4.78 is 38.1. The van der Waals surface area contributed by atoms with Crippen molar-refractivity contribution in [1.29, 1.82) is 0 Å². The molecule has 0 unspecified atom stereocenters. The van der Waals surface area contributed by atoms with Crippen LogP contribution in [-0.2, 0) is 0 Å². The van der Waals surface area contributed by atoms with Gasteiger partial charge in [-0.25, -0.2) is 0 Å². The van der Waals surface area contributed by atoms with E-state index in [-0.39, 0.29) is 44.2 Å². The molecule has 1 amide bonds. The molecule has 0 saturated carbocycles. The normalized spacial score (nSPS) is 20.2. The van der Waals surface area contributed by atoms with E-state index in [1.807, 2.05) is 24.3 Å². The number of alkyl halides is 3. The summed E-state index contributed by atoms with van der Waals surface area (Å²) in [5.41, 5.74) is 1.81. The predicted molar refractivity (Wildman–Crippen MR) is 93.2 cm³/mol. The van der Waals surface area contributed by atoms with E-state index in [2.05, 4.69) is 5.32 Å². The number of benzene rings is 1. The number of likely N-dealkylation sites (tertiary alicyclic amines) is 1. The molecule has 0 bridgehead atoms. The highest BCUT2D eigenvalue weighted by molar-refractivity contribution is 5.94. The maximum absolute atomic E-state index is 12.7. The second-order valence-corrected chi connectivity index (χ2v) is 6.75. The van der Waals surface area contributed by atoms with Crippen LogP contribution >= 0.6 is 12.4 Å². The first kappa shape index (κ1) is 20.0. The lowest BCUT2D eigenvalue weighted by atomic mass is 9.89. The second-order valence-electron chi connectivity index (χ2n) is 6.75. The number of carbonyl (C=O) groups is 1. The Morgan fingerprint density at radius 1 is 1.00 bits per heavy atom. The molecule has 2 aliphatic rings. The molecule has 2 fully saturated rings. The molecule has 3 nitrogen and oxygen atoms in total. The lowest BCUT2D eigenvalue weighted by Crippen LogP contribution is -2.42. The van der Waals surface area contributed by atoms with Crippen molar-refractivity contribution in [2.45, 2.75) is 37.8 Å². The quantitative estimate of drug-likeness (QED) is 0.846. The molecule has 2 saturated heterocycles. The van der Waals surface area contributed by atoms with Crippen molar-refractivity contribution in [1.82, 2.24) is 10.2 Å². The molecule has 0 spiro atoms. The molecule has 140 valence electrons. The number of nitrogens with one attached hydrogen (secondary N) is 1. The van der Waals surface area contributed by atoms with Gasteiger partial charge in [0.25, 0.3) is 5.91 Å². The highest BCUT2D eigenvalue weighted by Crippen LogP contribution is 2.34. The Morgan fingerprint density at radius 2 is 1.56 bits per heavy atom. The largest absolute Gasteiger partial charge is 0.391 e. The van der Waals surface area contributed by atoms with Gasteiger partial charge in [0.1, 0.15) is 0 Å². The summed E-state index contributed by atoms with van der Waals surface area (Å²) in [5, 5.41) is 3.33. The average molecular weight is 377 g/mol. The Kier molecular flexibility index (Phi) is 6.74. The highest BCUT2D eigenvalue weighted by Gasteiger charge is 2.41. The minimum atomic E-state index is -4.15. The number of hydrogen-bond donors (Lipinski definition) is 1. The van der Waals surface area contributed by atoms with Gasteiger partial charge in [-0.15, -0.1) is 12.4 Å². The number of carbonyl (C=O) groups excluding carboxylic acids is 1. The smallest absolute Gasteiger partial charge is 0.339 e. The first-order chi connectivity index (χ1) is 11.4. The van der Waals surface area contributed by atoms with Gasteiger partial charge in [0.15, 0.2) is 0 Å². The summed E-state index contributed by atoms with van der Waals surface area (Å²) in [7, 11) is 0. The summed E-state index contributed by atoms with van der Waals surface area (Å²) in [6.45, 7) is 2.39. The molecule has 25 heavy (non-hydrogen) atoms. The van der Waals surface area contributed by atoms with Crippen LogP contribution in [0.4, 0.5) is 13.2 Å². The van der Waals surface area contributed by atoms with Crippen molar-refractivity contribution < 1.29 is 18.0 Å². The van der Waals surface area contributed by atoms with E-state index in [9.17, 15) is 18.0 Å². The van der Waals surface area contributed by atoms with E-state index >= 15 is 0 Å². The van der Waals surface area contributed by atoms with Crippen molar-refractivity contribution in [3.05, 3.63) is 35.4 Å². The molecule has 3 rings (SSSR count). The Balaban J connectivity index is 0.00000225. The van der Waals surface area contributed by atoms with Crippen molar-refractivity contribution in [2.75, 3.05) is 26.2 Å². The van der Waals surface area contributed by atoms with Crippen molar-refractivity contribution >= 4 is 18.3 Å². The monoisotopic (exact) mass is 376 g/mol. The zero-order chi connectivity index (χ0) is 17.2. The van der Waals surface area contributed by atoms with Gasteiger partial charge in [0, 0.05) is 18.7 Å². The molecule has 0 atom stereocenters. The molecule has 1 aromatic rings. The fraction of sp³-hybridized carbons (Fsp3) is 0.611. The van der Waals surface area contributed by atoms with Crippen LogP contribution in [0.5, 0.6) is 0 Å². The molecule has 1 aromatic carbocycles. The third-order valence-corrected chi connectivity index (χ3v) is 5.21. The molecule has 2 heterocycles. The van der Waals surface area contributed by atoms with Crippen LogP contribution in [0.2, 0.25) is 0 Å². The highest BCUT2D eigenvalue weighted by atomic mass is 35.5. The molecule has 7 heteroatoms. The topological polar surface area (TPSA) is 32.3 Å². The van der Waals surface area contributed by atoms with Gasteiger partial charge < -0.3 is 10.2 Å². The molecule has 0 aromatic heterocycles. The van der Waals surface area contributed by atoms with E-state index < -0.39 is 12.1 Å². The number of hydrogen-bond acceptors (Lipinski definition) is 2. The minimum Gasteiger partial charge on any atom is -0.339 e. The van der Waals surface area contributed by atoms with Crippen LogP contribution in [0.1, 0.15) is 47.5 Å². The van der Waals surface area contributed by atoms with Crippen LogP contribution in [0.15, 0.2) is 24.3 Å². The van der Waals surface area contributed by atoms with Gasteiger partial charge in [0.2, 0.25) is 0 Å². The fourth-order valence-electron chi connectivity index (χ4n) is 3.65. The molecular formula is C18H24ClF3N2O. The summed E-state index contributed by atoms with van der Waals surface area (Å²) >= 11 is 0. The van der Waals surface area contributed by atoms with Gasteiger partial charge in [-0.1, -0.05) is 12.1 Å². The average Bonchev–Trinajstić information content (AvgIpc) is 2.61. The van der Waals surface area contributed by atoms with E-state index in [0.29, 0.717) is 11.5 Å². The first-order valence-electron chi connectivity index (χ1n) is 8.62. The summed E-state index contributed by atoms with van der Waals surface area (Å²) in [6.07, 6.45) is -1.95. The third-order valence-electron chi connectivity index (χ3n) is 5.21. The molecule has 2 aliphatic heterocycles. The van der Waals surface area contributed by atoms with Crippen LogP contribution in [0, 0.1) is 5.92 Å². The summed E-state index contributed by atoms with van der Waals surface area (Å²) in [6, 6.07) is 7.61. The molecular weight excluding hydrogens is 353 g/mol. The number of nitrogens with zero attached hydrogens (tertiary/aromatic N) is 1. The van der Waals surface area contributed by atoms with E-state index in [1.165, 1.54) is 5.56 Å². The van der Waals surface area contributed by atoms with E-state index in [1.54, 1.807) is 4.90 Å². The van der Waals surface area contributed by atoms with Crippen molar-refractivity contribution in [3.8, 4) is 0 Å². The maximum Gasteiger partial charge on any atom is 0.391 e. The number of halogens is 4. The van der Waals surface area contributed by atoms with Gasteiger partial charge >= 0.3 is 6.18 Å². The Bertz CT molecular complexity index is 563. The number of rotatable bonds is 2. The third kappa shape index (κ3) is 4.88. The van der Waals surface area contributed by atoms with Gasteiger partial charge in [-0.05, 0) is 62.4 Å². The SMILES string of the molecule is Cl.O=C(c1ccc(C2CCNCC2)cc1)N1CCC(C(F)(F)F)CC1.